The molecule has 0 bridgehead atoms. The van der Waals surface area contributed by atoms with Crippen molar-refractivity contribution in [1.82, 2.24) is 10.2 Å². The first-order chi connectivity index (χ1) is 17.6. The van der Waals surface area contributed by atoms with E-state index in [1.807, 2.05) is 38.1 Å². The molecule has 1 atom stereocenters. The van der Waals surface area contributed by atoms with Crippen LogP contribution in [0.1, 0.15) is 63.0 Å². The molecule has 9 heteroatoms. The van der Waals surface area contributed by atoms with Crippen molar-refractivity contribution in [2.45, 2.75) is 77.4 Å². The van der Waals surface area contributed by atoms with Gasteiger partial charge in [-0.2, -0.15) is 0 Å². The Labute approximate surface area is 226 Å². The van der Waals surface area contributed by atoms with E-state index in [0.29, 0.717) is 23.6 Å². The highest BCUT2D eigenvalue weighted by molar-refractivity contribution is 7.92. The summed E-state index contributed by atoms with van der Waals surface area (Å²) in [5.74, 6) is -0.310. The molecule has 1 fully saturated rings. The van der Waals surface area contributed by atoms with E-state index in [9.17, 15) is 18.0 Å². The number of carbonyl (C=O) groups is 2. The highest BCUT2D eigenvalue weighted by Gasteiger charge is 2.30. The Kier molecular flexibility index (Phi) is 10.4. The van der Waals surface area contributed by atoms with Gasteiger partial charge in [0.05, 0.1) is 11.9 Å². The maximum Gasteiger partial charge on any atom is 0.243 e. The summed E-state index contributed by atoms with van der Waals surface area (Å²) >= 11 is 6.04. The van der Waals surface area contributed by atoms with Gasteiger partial charge in [-0.15, -0.1) is 0 Å². The van der Waals surface area contributed by atoms with Crippen molar-refractivity contribution in [2.75, 3.05) is 17.1 Å². The Balaban J connectivity index is 1.74. The lowest BCUT2D eigenvalue weighted by molar-refractivity contribution is -0.141. The van der Waals surface area contributed by atoms with Crippen LogP contribution in [0.15, 0.2) is 48.5 Å². The summed E-state index contributed by atoms with van der Waals surface area (Å²) in [4.78, 5) is 28.4. The lowest BCUT2D eigenvalue weighted by Gasteiger charge is -2.32. The molecule has 0 aromatic heterocycles. The molecule has 2 aromatic carbocycles. The van der Waals surface area contributed by atoms with Crippen LogP contribution in [0, 0.1) is 6.92 Å². The molecule has 1 saturated carbocycles. The van der Waals surface area contributed by atoms with Crippen molar-refractivity contribution in [3.8, 4) is 0 Å². The molecular weight excluding hydrogens is 510 g/mol. The largest absolute Gasteiger partial charge is 0.352 e. The fraction of sp³-hybridized carbons (Fsp3) is 0.500. The van der Waals surface area contributed by atoms with Crippen LogP contribution < -0.4 is 9.62 Å². The summed E-state index contributed by atoms with van der Waals surface area (Å²) in [6.07, 6.45) is 6.25. The first-order valence-electron chi connectivity index (χ1n) is 13.0. The van der Waals surface area contributed by atoms with Gasteiger partial charge in [-0.3, -0.25) is 13.9 Å². The summed E-state index contributed by atoms with van der Waals surface area (Å²) in [5.41, 5.74) is 2.48. The summed E-state index contributed by atoms with van der Waals surface area (Å²) in [6, 6.07) is 14.1. The molecule has 0 spiro atoms. The first kappa shape index (κ1) is 29.0. The van der Waals surface area contributed by atoms with Crippen LogP contribution in [0.25, 0.3) is 0 Å². The minimum absolute atomic E-state index is 0.124. The number of aryl methyl sites for hydroxylation is 1. The van der Waals surface area contributed by atoms with E-state index in [2.05, 4.69) is 5.32 Å². The van der Waals surface area contributed by atoms with Gasteiger partial charge < -0.3 is 10.2 Å². The quantitative estimate of drug-likeness (QED) is 0.402. The third kappa shape index (κ3) is 8.47. The van der Waals surface area contributed by atoms with Crippen molar-refractivity contribution in [3.05, 3.63) is 64.7 Å². The minimum atomic E-state index is -3.52. The number of carbonyl (C=O) groups excluding carboxylic acids is 2. The Morgan fingerprint density at radius 2 is 1.68 bits per heavy atom. The average Bonchev–Trinajstić information content (AvgIpc) is 3.36. The van der Waals surface area contributed by atoms with Gasteiger partial charge in [-0.05, 0) is 62.4 Å². The zero-order chi connectivity index (χ0) is 27.0. The molecular formula is C28H38ClN3O4S. The summed E-state index contributed by atoms with van der Waals surface area (Å²) < 4.78 is 26.3. The Hall–Kier alpha value is -2.58. The van der Waals surface area contributed by atoms with Crippen LogP contribution in [0.3, 0.4) is 0 Å². The number of benzene rings is 2. The number of hydrogen-bond donors (Lipinski definition) is 1. The van der Waals surface area contributed by atoms with Crippen LogP contribution in [-0.4, -0.2) is 50.0 Å². The highest BCUT2D eigenvalue weighted by Crippen LogP contribution is 2.22. The smallest absolute Gasteiger partial charge is 0.243 e. The molecule has 0 heterocycles. The molecule has 0 aliphatic heterocycles. The van der Waals surface area contributed by atoms with Crippen molar-refractivity contribution < 1.29 is 18.0 Å². The molecule has 202 valence electrons. The van der Waals surface area contributed by atoms with Crippen molar-refractivity contribution >= 4 is 39.1 Å². The third-order valence-corrected chi connectivity index (χ3v) is 8.27. The van der Waals surface area contributed by atoms with Gasteiger partial charge >= 0.3 is 0 Å². The predicted octanol–water partition coefficient (Wildman–Crippen LogP) is 5.06. The average molecular weight is 548 g/mol. The van der Waals surface area contributed by atoms with Gasteiger partial charge in [-0.25, -0.2) is 8.42 Å². The Bertz CT molecular complexity index is 1150. The predicted molar refractivity (Wildman–Crippen MR) is 149 cm³/mol. The maximum atomic E-state index is 13.5. The van der Waals surface area contributed by atoms with E-state index >= 15 is 0 Å². The SMILES string of the molecule is CCC(C(=O)NC1CCCC1)N(Cc1ccc(Cl)cc1)C(=O)CCCN(c1ccc(C)cc1)S(C)(=O)=O. The van der Waals surface area contributed by atoms with Crippen LogP contribution >= 0.6 is 11.6 Å². The minimum Gasteiger partial charge on any atom is -0.352 e. The summed E-state index contributed by atoms with van der Waals surface area (Å²) in [5, 5.41) is 3.74. The second-order valence-corrected chi connectivity index (χ2v) is 12.2. The third-order valence-electron chi connectivity index (χ3n) is 6.83. The Morgan fingerprint density at radius 1 is 1.05 bits per heavy atom. The van der Waals surface area contributed by atoms with E-state index in [1.54, 1.807) is 29.2 Å². The maximum absolute atomic E-state index is 13.5. The monoisotopic (exact) mass is 547 g/mol. The number of rotatable bonds is 12. The number of nitrogens with zero attached hydrogens (tertiary/aromatic N) is 2. The molecule has 3 rings (SSSR count). The van der Waals surface area contributed by atoms with E-state index in [-0.39, 0.29) is 37.4 Å². The number of sulfonamides is 1. The summed E-state index contributed by atoms with van der Waals surface area (Å²) in [7, 11) is -3.52. The topological polar surface area (TPSA) is 86.8 Å². The van der Waals surface area contributed by atoms with Gasteiger partial charge in [0.1, 0.15) is 6.04 Å². The van der Waals surface area contributed by atoms with Gasteiger partial charge in [0, 0.05) is 30.6 Å². The normalized spacial score (nSPS) is 14.8. The van der Waals surface area contributed by atoms with E-state index in [0.717, 1.165) is 36.8 Å². The number of amides is 2. The van der Waals surface area contributed by atoms with Crippen LogP contribution in [0.4, 0.5) is 5.69 Å². The van der Waals surface area contributed by atoms with Crippen molar-refractivity contribution in [2.24, 2.45) is 0 Å². The number of nitrogens with one attached hydrogen (secondary N) is 1. The van der Waals surface area contributed by atoms with Gasteiger partial charge in [-0.1, -0.05) is 61.2 Å². The fourth-order valence-electron chi connectivity index (χ4n) is 4.79. The molecule has 1 unspecified atom stereocenters. The number of hydrogen-bond acceptors (Lipinski definition) is 4. The molecule has 0 saturated heterocycles. The highest BCUT2D eigenvalue weighted by atomic mass is 35.5. The van der Waals surface area contributed by atoms with Crippen LogP contribution in [0.2, 0.25) is 5.02 Å². The zero-order valence-electron chi connectivity index (χ0n) is 22.0. The van der Waals surface area contributed by atoms with Gasteiger partial charge in [0.15, 0.2) is 0 Å². The number of anilines is 1. The molecule has 0 radical (unpaired) electrons. The lowest BCUT2D eigenvalue weighted by atomic mass is 10.1. The molecule has 1 aliphatic carbocycles. The van der Waals surface area contributed by atoms with Crippen LogP contribution in [0.5, 0.6) is 0 Å². The van der Waals surface area contributed by atoms with E-state index in [4.69, 9.17) is 11.6 Å². The van der Waals surface area contributed by atoms with Crippen molar-refractivity contribution in [1.29, 1.82) is 0 Å². The lowest BCUT2D eigenvalue weighted by Crippen LogP contribution is -2.51. The zero-order valence-corrected chi connectivity index (χ0v) is 23.5. The molecule has 1 N–H and O–H groups in total. The van der Waals surface area contributed by atoms with Gasteiger partial charge in [0.2, 0.25) is 21.8 Å². The van der Waals surface area contributed by atoms with E-state index < -0.39 is 16.1 Å². The Morgan fingerprint density at radius 3 is 2.24 bits per heavy atom. The summed E-state index contributed by atoms with van der Waals surface area (Å²) in [6.45, 7) is 4.30. The molecule has 37 heavy (non-hydrogen) atoms. The second-order valence-electron chi connectivity index (χ2n) is 9.84. The second kappa shape index (κ2) is 13.3. The van der Waals surface area contributed by atoms with E-state index in [1.165, 1.54) is 10.6 Å². The molecule has 1 aliphatic rings. The van der Waals surface area contributed by atoms with Crippen LogP contribution in [-0.2, 0) is 26.2 Å². The number of halogens is 1. The standard InChI is InChI=1S/C28H38ClN3O4S/c1-4-26(28(34)30-24-8-5-6-9-24)31(20-22-13-15-23(29)16-14-22)27(33)10-7-19-32(37(3,35)36)25-17-11-21(2)12-18-25/h11-18,24,26H,4-10,19-20H2,1-3H3,(H,30,34). The molecule has 7 nitrogen and oxygen atoms in total. The first-order valence-corrected chi connectivity index (χ1v) is 15.2. The molecule has 2 amide bonds. The van der Waals surface area contributed by atoms with Gasteiger partial charge in [0.25, 0.3) is 0 Å². The molecule has 2 aromatic rings. The fourth-order valence-corrected chi connectivity index (χ4v) is 5.88. The van der Waals surface area contributed by atoms with Crippen molar-refractivity contribution in [3.63, 3.8) is 0 Å².